The molecule has 0 bridgehead atoms. The molecule has 0 aliphatic heterocycles. The van der Waals surface area contributed by atoms with Crippen molar-refractivity contribution in [1.82, 2.24) is 0 Å². The highest BCUT2D eigenvalue weighted by molar-refractivity contribution is 5.71. The Labute approximate surface area is 114 Å². The van der Waals surface area contributed by atoms with Crippen molar-refractivity contribution in [3.63, 3.8) is 0 Å². The summed E-state index contributed by atoms with van der Waals surface area (Å²) in [4.78, 5) is 0. The molecule has 0 saturated carbocycles. The zero-order valence-electron chi connectivity index (χ0n) is 11.3. The number of rotatable bonds is 5. The lowest BCUT2D eigenvalue weighted by molar-refractivity contribution is 0.452. The number of phenols is 2. The van der Waals surface area contributed by atoms with E-state index in [0.717, 1.165) is 17.5 Å². The Kier molecular flexibility index (Phi) is 4.45. The molecule has 0 unspecified atom stereocenters. The first kappa shape index (κ1) is 13.5. The van der Waals surface area contributed by atoms with Crippen molar-refractivity contribution >= 4 is 0 Å². The van der Waals surface area contributed by atoms with Gasteiger partial charge >= 0.3 is 0 Å². The van der Waals surface area contributed by atoms with Gasteiger partial charge in [-0.1, -0.05) is 44.0 Å². The highest BCUT2D eigenvalue weighted by Crippen LogP contribution is 2.32. The average Bonchev–Trinajstić information content (AvgIpc) is 2.40. The molecule has 0 saturated heterocycles. The number of benzene rings is 2. The summed E-state index contributed by atoms with van der Waals surface area (Å²) >= 11 is 0. The van der Waals surface area contributed by atoms with Crippen LogP contribution >= 0.6 is 0 Å². The third-order valence-corrected chi connectivity index (χ3v) is 3.32. The maximum atomic E-state index is 9.83. The van der Waals surface area contributed by atoms with Crippen molar-refractivity contribution in [1.29, 1.82) is 0 Å². The van der Waals surface area contributed by atoms with Crippen LogP contribution in [0.3, 0.4) is 0 Å². The molecule has 2 aromatic rings. The lowest BCUT2D eigenvalue weighted by atomic mass is 10.0. The van der Waals surface area contributed by atoms with Crippen LogP contribution in [0, 0.1) is 0 Å². The summed E-state index contributed by atoms with van der Waals surface area (Å²) in [6.45, 7) is 2.21. The van der Waals surface area contributed by atoms with E-state index in [9.17, 15) is 10.2 Å². The van der Waals surface area contributed by atoms with Crippen molar-refractivity contribution in [2.75, 3.05) is 0 Å². The minimum absolute atomic E-state index is 0.0810. The minimum Gasteiger partial charge on any atom is -0.508 e. The van der Waals surface area contributed by atoms with Gasteiger partial charge in [-0.05, 0) is 36.1 Å². The number of phenolic OH excluding ortho intramolecular Hbond substituents is 2. The topological polar surface area (TPSA) is 40.5 Å². The van der Waals surface area contributed by atoms with Gasteiger partial charge in [0.2, 0.25) is 0 Å². The molecule has 0 spiro atoms. The quantitative estimate of drug-likeness (QED) is 0.773. The fourth-order valence-corrected chi connectivity index (χ4v) is 2.19. The highest BCUT2D eigenvalue weighted by Gasteiger charge is 2.05. The maximum Gasteiger partial charge on any atom is 0.127 e. The Morgan fingerprint density at radius 3 is 2.26 bits per heavy atom. The fraction of sp³-hybridized carbons (Fsp3) is 0.294. The van der Waals surface area contributed by atoms with Crippen LogP contribution in [0.4, 0.5) is 0 Å². The van der Waals surface area contributed by atoms with E-state index in [-0.39, 0.29) is 11.5 Å². The van der Waals surface area contributed by atoms with Gasteiger partial charge in [0.1, 0.15) is 11.5 Å². The molecular weight excluding hydrogens is 236 g/mol. The van der Waals surface area contributed by atoms with Gasteiger partial charge in [0.25, 0.3) is 0 Å². The van der Waals surface area contributed by atoms with Gasteiger partial charge in [0, 0.05) is 11.6 Å². The summed E-state index contributed by atoms with van der Waals surface area (Å²) in [5, 5.41) is 19.1. The number of unbranched alkanes of at least 4 members (excludes halogenated alkanes) is 2. The average molecular weight is 256 g/mol. The standard InChI is InChI=1S/C17H20O2/c1-2-3-4-5-13-6-8-14(9-7-13)16-11-10-15(18)12-17(16)19/h6-12,18-19H,2-5H2,1H3. The summed E-state index contributed by atoms with van der Waals surface area (Å²) < 4.78 is 0. The number of hydrogen-bond acceptors (Lipinski definition) is 2. The van der Waals surface area contributed by atoms with Gasteiger partial charge in [0.05, 0.1) is 0 Å². The Morgan fingerprint density at radius 2 is 1.63 bits per heavy atom. The second-order valence-corrected chi connectivity index (χ2v) is 4.86. The van der Waals surface area contributed by atoms with E-state index in [1.165, 1.54) is 30.9 Å². The molecule has 2 heteroatoms. The fourth-order valence-electron chi connectivity index (χ4n) is 2.19. The van der Waals surface area contributed by atoms with Crippen LogP contribution in [0.5, 0.6) is 11.5 Å². The third kappa shape index (κ3) is 3.50. The monoisotopic (exact) mass is 256 g/mol. The van der Waals surface area contributed by atoms with E-state index in [1.54, 1.807) is 12.1 Å². The van der Waals surface area contributed by atoms with Crippen LogP contribution in [-0.2, 0) is 6.42 Å². The SMILES string of the molecule is CCCCCc1ccc(-c2ccc(O)cc2O)cc1. The predicted molar refractivity (Wildman–Crippen MR) is 78.4 cm³/mol. The first-order valence-corrected chi connectivity index (χ1v) is 6.82. The molecular formula is C17H20O2. The highest BCUT2D eigenvalue weighted by atomic mass is 16.3. The molecule has 2 rings (SSSR count). The lowest BCUT2D eigenvalue weighted by Gasteiger charge is -2.07. The second-order valence-electron chi connectivity index (χ2n) is 4.86. The zero-order valence-corrected chi connectivity index (χ0v) is 11.3. The van der Waals surface area contributed by atoms with Gasteiger partial charge in [-0.3, -0.25) is 0 Å². The molecule has 0 amide bonds. The third-order valence-electron chi connectivity index (χ3n) is 3.32. The van der Waals surface area contributed by atoms with Crippen molar-refractivity contribution in [2.45, 2.75) is 32.6 Å². The molecule has 100 valence electrons. The van der Waals surface area contributed by atoms with Crippen LogP contribution in [0.25, 0.3) is 11.1 Å². The first-order chi connectivity index (χ1) is 9.20. The molecule has 2 aromatic carbocycles. The van der Waals surface area contributed by atoms with Gasteiger partial charge in [-0.25, -0.2) is 0 Å². The molecule has 0 radical (unpaired) electrons. The molecule has 0 aliphatic rings. The Bertz CT molecular complexity index is 529. The van der Waals surface area contributed by atoms with Crippen molar-refractivity contribution in [3.05, 3.63) is 48.0 Å². The lowest BCUT2D eigenvalue weighted by Crippen LogP contribution is -1.86. The first-order valence-electron chi connectivity index (χ1n) is 6.82. The number of aromatic hydroxyl groups is 2. The summed E-state index contributed by atoms with van der Waals surface area (Å²) in [5.74, 6) is 0.191. The largest absolute Gasteiger partial charge is 0.508 e. The van der Waals surface area contributed by atoms with E-state index in [1.807, 2.05) is 12.1 Å². The van der Waals surface area contributed by atoms with E-state index in [4.69, 9.17) is 0 Å². The summed E-state index contributed by atoms with van der Waals surface area (Å²) in [5.41, 5.74) is 3.05. The van der Waals surface area contributed by atoms with E-state index >= 15 is 0 Å². The van der Waals surface area contributed by atoms with Crippen molar-refractivity contribution in [2.24, 2.45) is 0 Å². The molecule has 0 fully saturated rings. The smallest absolute Gasteiger partial charge is 0.127 e. The Morgan fingerprint density at radius 1 is 0.895 bits per heavy atom. The van der Waals surface area contributed by atoms with E-state index in [0.29, 0.717) is 0 Å². The van der Waals surface area contributed by atoms with E-state index < -0.39 is 0 Å². The van der Waals surface area contributed by atoms with Crippen molar-refractivity contribution in [3.8, 4) is 22.6 Å². The van der Waals surface area contributed by atoms with Crippen LogP contribution in [0.15, 0.2) is 42.5 Å². The van der Waals surface area contributed by atoms with Crippen LogP contribution in [-0.4, -0.2) is 10.2 Å². The maximum absolute atomic E-state index is 9.83. The Hall–Kier alpha value is -1.96. The van der Waals surface area contributed by atoms with Crippen LogP contribution in [0.1, 0.15) is 31.7 Å². The molecule has 0 atom stereocenters. The summed E-state index contributed by atoms with van der Waals surface area (Å²) in [6, 6.07) is 12.9. The van der Waals surface area contributed by atoms with E-state index in [2.05, 4.69) is 19.1 Å². The molecule has 19 heavy (non-hydrogen) atoms. The summed E-state index contributed by atoms with van der Waals surface area (Å²) in [6.07, 6.45) is 4.83. The van der Waals surface area contributed by atoms with Gasteiger partial charge in [-0.15, -0.1) is 0 Å². The minimum atomic E-state index is 0.0810. The molecule has 2 N–H and O–H groups in total. The molecule has 2 nitrogen and oxygen atoms in total. The van der Waals surface area contributed by atoms with Crippen LogP contribution < -0.4 is 0 Å². The van der Waals surface area contributed by atoms with Crippen molar-refractivity contribution < 1.29 is 10.2 Å². The molecule has 0 heterocycles. The van der Waals surface area contributed by atoms with Crippen LogP contribution in [0.2, 0.25) is 0 Å². The zero-order chi connectivity index (χ0) is 13.7. The normalized spacial score (nSPS) is 10.6. The molecule has 0 aliphatic carbocycles. The van der Waals surface area contributed by atoms with Gasteiger partial charge in [0.15, 0.2) is 0 Å². The predicted octanol–water partition coefficient (Wildman–Crippen LogP) is 4.50. The number of aryl methyl sites for hydroxylation is 1. The molecule has 0 aromatic heterocycles. The van der Waals surface area contributed by atoms with Gasteiger partial charge in [-0.2, -0.15) is 0 Å². The second kappa shape index (κ2) is 6.28. The summed E-state index contributed by atoms with van der Waals surface area (Å²) in [7, 11) is 0. The Balaban J connectivity index is 2.13. The number of hydrogen-bond donors (Lipinski definition) is 2. The van der Waals surface area contributed by atoms with Gasteiger partial charge < -0.3 is 10.2 Å².